The van der Waals surface area contributed by atoms with Gasteiger partial charge >= 0.3 is 16.0 Å². The van der Waals surface area contributed by atoms with E-state index in [1.165, 1.54) is 24.3 Å². The lowest BCUT2D eigenvalue weighted by Crippen LogP contribution is -2.22. The van der Waals surface area contributed by atoms with Gasteiger partial charge < -0.3 is 4.18 Å². The highest BCUT2D eigenvalue weighted by Gasteiger charge is 2.43. The van der Waals surface area contributed by atoms with Gasteiger partial charge in [0.05, 0.1) is 0 Å². The first kappa shape index (κ1) is 23.4. The molecule has 0 heterocycles. The minimum atomic E-state index is -4.51. The van der Waals surface area contributed by atoms with Crippen LogP contribution >= 0.6 is 0 Å². The van der Waals surface area contributed by atoms with Crippen molar-refractivity contribution in [3.8, 4) is 11.1 Å². The van der Waals surface area contributed by atoms with Crippen LogP contribution < -0.4 is 0 Å². The number of alkyl halides is 2. The molecule has 0 unspecified atom stereocenters. The number of hydrogen-bond donors (Lipinski definition) is 0. The van der Waals surface area contributed by atoms with E-state index in [-0.39, 0.29) is 16.0 Å². The normalized spacial score (nSPS) is 12.4. The maximum atomic E-state index is 16.1. The Morgan fingerprint density at radius 3 is 1.97 bits per heavy atom. The van der Waals surface area contributed by atoms with Crippen LogP contribution in [0.3, 0.4) is 0 Å². The van der Waals surface area contributed by atoms with Crippen molar-refractivity contribution in [1.29, 1.82) is 0 Å². The number of rotatable bonds is 7. The van der Waals surface area contributed by atoms with E-state index < -0.39 is 21.8 Å². The van der Waals surface area contributed by atoms with Gasteiger partial charge in [-0.1, -0.05) is 103 Å². The lowest BCUT2D eigenvalue weighted by atomic mass is 9.94. The van der Waals surface area contributed by atoms with Gasteiger partial charge in [0.1, 0.15) is 4.90 Å². The van der Waals surface area contributed by atoms with Crippen molar-refractivity contribution >= 4 is 16.2 Å². The van der Waals surface area contributed by atoms with Crippen molar-refractivity contribution in [2.24, 2.45) is 0 Å². The molecule has 0 atom stereocenters. The maximum Gasteiger partial charge on any atom is 0.339 e. The largest absolute Gasteiger partial charge is 0.377 e. The Labute approximate surface area is 198 Å². The molecule has 3 nitrogen and oxygen atoms in total. The van der Waals surface area contributed by atoms with Gasteiger partial charge in [-0.2, -0.15) is 17.2 Å². The number of benzene rings is 4. The molecule has 0 saturated heterocycles. The molecule has 0 bridgehead atoms. The summed E-state index contributed by atoms with van der Waals surface area (Å²) in [5, 5.41) is 0. The standard InChI is InChI=1S/C28H22F2O3S/c1-21-16-18-24(19-17-21)34(31,32)33-27(20-22-10-4-2-5-11-22)28(29,30)26-15-9-8-14-25(26)23-12-6-3-7-13-23/h2-20H,1H3/b27-20-. The van der Waals surface area contributed by atoms with Gasteiger partial charge in [0.15, 0.2) is 5.76 Å². The Kier molecular flexibility index (Phi) is 6.61. The second-order valence-corrected chi connectivity index (χ2v) is 9.30. The van der Waals surface area contributed by atoms with Crippen molar-refractivity contribution in [1.82, 2.24) is 0 Å². The van der Waals surface area contributed by atoms with Crippen LogP contribution in [0.4, 0.5) is 8.78 Å². The van der Waals surface area contributed by atoms with Gasteiger partial charge in [-0.3, -0.25) is 0 Å². The zero-order valence-corrected chi connectivity index (χ0v) is 19.2. The number of halogens is 2. The van der Waals surface area contributed by atoms with E-state index >= 15 is 8.78 Å². The summed E-state index contributed by atoms with van der Waals surface area (Å²) in [5.41, 5.74) is 1.72. The summed E-state index contributed by atoms with van der Waals surface area (Å²) >= 11 is 0. The number of allylic oxidation sites excluding steroid dienone is 1. The van der Waals surface area contributed by atoms with Gasteiger partial charge in [-0.25, -0.2) is 0 Å². The molecule has 6 heteroatoms. The Morgan fingerprint density at radius 2 is 1.32 bits per heavy atom. The SMILES string of the molecule is Cc1ccc(S(=O)(=O)O/C(=C\c2ccccc2)C(F)(F)c2ccccc2-c2ccccc2)cc1. The van der Waals surface area contributed by atoms with Gasteiger partial charge in [0.25, 0.3) is 0 Å². The smallest absolute Gasteiger partial charge is 0.339 e. The molecular formula is C28H22F2O3S. The highest BCUT2D eigenvalue weighted by molar-refractivity contribution is 7.86. The van der Waals surface area contributed by atoms with E-state index in [1.807, 2.05) is 0 Å². The van der Waals surface area contributed by atoms with Crippen molar-refractivity contribution < 1.29 is 21.4 Å². The molecular weight excluding hydrogens is 454 g/mol. The summed E-state index contributed by atoms with van der Waals surface area (Å²) in [5.74, 6) is -4.73. The topological polar surface area (TPSA) is 43.4 Å². The molecule has 0 saturated carbocycles. The fourth-order valence-electron chi connectivity index (χ4n) is 3.50. The molecule has 0 spiro atoms. The maximum absolute atomic E-state index is 16.1. The minimum Gasteiger partial charge on any atom is -0.377 e. The molecule has 0 fully saturated rings. The second-order valence-electron chi connectivity index (χ2n) is 7.76. The summed E-state index contributed by atoms with van der Waals surface area (Å²) in [7, 11) is -4.51. The summed E-state index contributed by atoms with van der Waals surface area (Å²) < 4.78 is 63.3. The lowest BCUT2D eigenvalue weighted by molar-refractivity contribution is 0.00437. The molecule has 172 valence electrons. The molecule has 0 aliphatic heterocycles. The molecule has 0 N–H and O–H groups in total. The van der Waals surface area contributed by atoms with E-state index in [0.717, 1.165) is 11.6 Å². The van der Waals surface area contributed by atoms with Crippen LogP contribution in [0.2, 0.25) is 0 Å². The fourth-order valence-corrected chi connectivity index (χ4v) is 4.45. The Morgan fingerprint density at radius 1 is 0.765 bits per heavy atom. The molecule has 0 aromatic heterocycles. The zero-order valence-electron chi connectivity index (χ0n) is 18.4. The molecule has 4 aromatic carbocycles. The first-order valence-electron chi connectivity index (χ1n) is 10.6. The zero-order chi connectivity index (χ0) is 24.2. The first-order chi connectivity index (χ1) is 16.3. The predicted octanol–water partition coefficient (Wildman–Crippen LogP) is 7.20. The third kappa shape index (κ3) is 5.07. The third-order valence-electron chi connectivity index (χ3n) is 5.27. The Balaban J connectivity index is 1.85. The molecule has 34 heavy (non-hydrogen) atoms. The highest BCUT2D eigenvalue weighted by Crippen LogP contribution is 2.43. The van der Waals surface area contributed by atoms with Crippen LogP contribution in [0, 0.1) is 6.92 Å². The van der Waals surface area contributed by atoms with Crippen LogP contribution in [0.1, 0.15) is 16.7 Å². The van der Waals surface area contributed by atoms with Gasteiger partial charge in [0.2, 0.25) is 0 Å². The van der Waals surface area contributed by atoms with Crippen LogP contribution in [-0.4, -0.2) is 8.42 Å². The highest BCUT2D eigenvalue weighted by atomic mass is 32.2. The molecule has 0 radical (unpaired) electrons. The van der Waals surface area contributed by atoms with E-state index in [4.69, 9.17) is 4.18 Å². The third-order valence-corrected chi connectivity index (χ3v) is 6.51. The average Bonchev–Trinajstić information content (AvgIpc) is 2.85. The van der Waals surface area contributed by atoms with Crippen LogP contribution in [0.5, 0.6) is 0 Å². The predicted molar refractivity (Wildman–Crippen MR) is 130 cm³/mol. The van der Waals surface area contributed by atoms with E-state index in [0.29, 0.717) is 11.1 Å². The minimum absolute atomic E-state index is 0.204. The summed E-state index contributed by atoms with van der Waals surface area (Å²) in [6.07, 6.45) is 1.06. The van der Waals surface area contributed by atoms with Crippen molar-refractivity contribution in [3.63, 3.8) is 0 Å². The fraction of sp³-hybridized carbons (Fsp3) is 0.0714. The van der Waals surface area contributed by atoms with E-state index in [9.17, 15) is 8.42 Å². The molecule has 0 aliphatic carbocycles. The number of hydrogen-bond acceptors (Lipinski definition) is 3. The summed E-state index contributed by atoms with van der Waals surface area (Å²) in [6.45, 7) is 1.80. The van der Waals surface area contributed by atoms with Crippen molar-refractivity contribution in [2.45, 2.75) is 17.7 Å². The van der Waals surface area contributed by atoms with Crippen LogP contribution in [-0.2, 0) is 20.2 Å². The number of aryl methyl sites for hydroxylation is 1. The van der Waals surface area contributed by atoms with E-state index in [1.54, 1.807) is 91.9 Å². The van der Waals surface area contributed by atoms with E-state index in [2.05, 4.69) is 0 Å². The summed E-state index contributed by atoms with van der Waals surface area (Å²) in [6, 6.07) is 28.9. The molecule has 4 aromatic rings. The second kappa shape index (κ2) is 9.61. The Bertz CT molecular complexity index is 1400. The molecule has 0 aliphatic rings. The van der Waals surface area contributed by atoms with Crippen molar-refractivity contribution in [3.05, 3.63) is 132 Å². The lowest BCUT2D eigenvalue weighted by Gasteiger charge is -2.23. The molecule has 0 amide bonds. The van der Waals surface area contributed by atoms with Gasteiger partial charge in [-0.15, -0.1) is 0 Å². The molecule has 4 rings (SSSR count). The van der Waals surface area contributed by atoms with Crippen molar-refractivity contribution in [2.75, 3.05) is 0 Å². The van der Waals surface area contributed by atoms with Crippen LogP contribution in [0.25, 0.3) is 17.2 Å². The quantitative estimate of drug-likeness (QED) is 0.209. The van der Waals surface area contributed by atoms with Gasteiger partial charge in [-0.05, 0) is 41.8 Å². The van der Waals surface area contributed by atoms with Gasteiger partial charge in [0, 0.05) is 5.56 Å². The first-order valence-corrected chi connectivity index (χ1v) is 12.0. The monoisotopic (exact) mass is 476 g/mol. The summed E-state index contributed by atoms with van der Waals surface area (Å²) in [4.78, 5) is -0.204. The average molecular weight is 477 g/mol. The van der Waals surface area contributed by atoms with Crippen LogP contribution in [0.15, 0.2) is 120 Å². The Hall–Kier alpha value is -3.77.